The number of aromatic nitrogens is 2. The molecule has 0 atom stereocenters. The summed E-state index contributed by atoms with van der Waals surface area (Å²) in [6.07, 6.45) is 0. The summed E-state index contributed by atoms with van der Waals surface area (Å²) in [6, 6.07) is 0.447. The van der Waals surface area contributed by atoms with Crippen molar-refractivity contribution in [3.05, 3.63) is 11.3 Å². The quantitative estimate of drug-likeness (QED) is 0.808. The van der Waals surface area contributed by atoms with Gasteiger partial charge in [0.2, 0.25) is 0 Å². The minimum absolute atomic E-state index is 0.160. The van der Waals surface area contributed by atoms with Crippen LogP contribution in [-0.2, 0) is 16.6 Å². The van der Waals surface area contributed by atoms with Gasteiger partial charge in [-0.05, 0) is 27.8 Å². The van der Waals surface area contributed by atoms with E-state index < -0.39 is 10.0 Å². The van der Waals surface area contributed by atoms with Crippen molar-refractivity contribution >= 4 is 10.0 Å². The molecular formula is C13H25N5O2S. The van der Waals surface area contributed by atoms with Gasteiger partial charge in [0, 0.05) is 50.0 Å². The van der Waals surface area contributed by atoms with Crippen molar-refractivity contribution in [3.8, 4) is 0 Å². The van der Waals surface area contributed by atoms with Gasteiger partial charge < -0.3 is 5.32 Å². The third-order valence-electron chi connectivity index (χ3n) is 3.98. The van der Waals surface area contributed by atoms with Crippen LogP contribution in [0, 0.1) is 6.92 Å². The lowest BCUT2D eigenvalue weighted by Crippen LogP contribution is -2.50. The molecule has 2 heterocycles. The zero-order valence-corrected chi connectivity index (χ0v) is 14.0. The van der Waals surface area contributed by atoms with Crippen molar-refractivity contribution in [1.29, 1.82) is 0 Å². The Morgan fingerprint density at radius 1 is 1.29 bits per heavy atom. The molecule has 0 radical (unpaired) electrons. The molecule has 1 aromatic heterocycles. The summed E-state index contributed by atoms with van der Waals surface area (Å²) in [5.41, 5.74) is 1.52. The Kier molecular flexibility index (Phi) is 5.03. The molecule has 7 nitrogen and oxygen atoms in total. The van der Waals surface area contributed by atoms with Gasteiger partial charge in [-0.3, -0.25) is 10.00 Å². The molecule has 1 aliphatic rings. The average molecular weight is 315 g/mol. The number of piperazine rings is 1. The molecule has 1 aliphatic heterocycles. The lowest BCUT2D eigenvalue weighted by molar-refractivity contribution is 0.154. The highest BCUT2D eigenvalue weighted by Crippen LogP contribution is 2.22. The molecule has 0 aromatic carbocycles. The molecule has 21 heavy (non-hydrogen) atoms. The fourth-order valence-corrected chi connectivity index (χ4v) is 4.20. The van der Waals surface area contributed by atoms with E-state index >= 15 is 0 Å². The van der Waals surface area contributed by atoms with Crippen LogP contribution in [0.5, 0.6) is 0 Å². The molecule has 2 N–H and O–H groups in total. The van der Waals surface area contributed by atoms with E-state index in [4.69, 9.17) is 0 Å². The normalized spacial score (nSPS) is 18.5. The maximum Gasteiger partial charge on any atom is 0.262 e. The Labute approximate surface area is 126 Å². The van der Waals surface area contributed by atoms with E-state index in [2.05, 4.69) is 34.3 Å². The minimum atomic E-state index is -3.52. The number of nitrogens with zero attached hydrogens (tertiary/aromatic N) is 3. The summed E-state index contributed by atoms with van der Waals surface area (Å²) >= 11 is 0. The second-order valence-corrected chi connectivity index (χ2v) is 7.55. The topological polar surface area (TPSA) is 81.3 Å². The summed E-state index contributed by atoms with van der Waals surface area (Å²) in [5.74, 6) is 0. The van der Waals surface area contributed by atoms with Gasteiger partial charge in [-0.2, -0.15) is 9.40 Å². The van der Waals surface area contributed by atoms with Crippen molar-refractivity contribution < 1.29 is 8.42 Å². The highest BCUT2D eigenvalue weighted by molar-refractivity contribution is 7.89. The standard InChI is InChI=1S/C13H25N5O2S/c1-10(2)17-5-7-18(8-6-17)21(19,20)13-12(9-14-4)11(3)15-16-13/h10,14H,5-9H2,1-4H3,(H,15,16). The van der Waals surface area contributed by atoms with Gasteiger partial charge in [0.05, 0.1) is 0 Å². The van der Waals surface area contributed by atoms with E-state index in [1.165, 1.54) is 0 Å². The van der Waals surface area contributed by atoms with Crippen LogP contribution in [0.3, 0.4) is 0 Å². The molecule has 1 aromatic rings. The fourth-order valence-electron chi connectivity index (χ4n) is 2.61. The third kappa shape index (κ3) is 3.28. The molecule has 0 unspecified atom stereocenters. The highest BCUT2D eigenvalue weighted by Gasteiger charge is 2.33. The smallest absolute Gasteiger partial charge is 0.262 e. The lowest BCUT2D eigenvalue weighted by atomic mass is 10.3. The molecule has 0 spiro atoms. The molecule has 0 aliphatic carbocycles. The number of nitrogens with one attached hydrogen (secondary N) is 2. The molecule has 8 heteroatoms. The van der Waals surface area contributed by atoms with Gasteiger partial charge in [0.25, 0.3) is 10.0 Å². The number of rotatable bonds is 5. The third-order valence-corrected chi connectivity index (χ3v) is 5.85. The fraction of sp³-hybridized carbons (Fsp3) is 0.769. The van der Waals surface area contributed by atoms with Crippen LogP contribution in [0.15, 0.2) is 5.03 Å². The van der Waals surface area contributed by atoms with Crippen molar-refractivity contribution in [2.75, 3.05) is 33.2 Å². The van der Waals surface area contributed by atoms with E-state index in [0.717, 1.165) is 24.3 Å². The van der Waals surface area contributed by atoms with Crippen LogP contribution in [0.2, 0.25) is 0 Å². The highest BCUT2D eigenvalue weighted by atomic mass is 32.2. The predicted octanol–water partition coefficient (Wildman–Crippen LogP) is 0.152. The zero-order valence-electron chi connectivity index (χ0n) is 13.2. The summed E-state index contributed by atoms with van der Waals surface area (Å²) < 4.78 is 27.1. The number of hydrogen-bond acceptors (Lipinski definition) is 5. The van der Waals surface area contributed by atoms with Gasteiger partial charge in [-0.25, -0.2) is 8.42 Å². The molecule has 0 saturated carbocycles. The second kappa shape index (κ2) is 6.43. The molecule has 1 fully saturated rings. The first-order valence-electron chi connectivity index (χ1n) is 7.30. The van der Waals surface area contributed by atoms with Crippen molar-refractivity contribution in [3.63, 3.8) is 0 Å². The lowest BCUT2D eigenvalue weighted by Gasteiger charge is -2.35. The average Bonchev–Trinajstić information content (AvgIpc) is 2.81. The molecule has 0 amide bonds. The van der Waals surface area contributed by atoms with Gasteiger partial charge in [0.15, 0.2) is 5.03 Å². The minimum Gasteiger partial charge on any atom is -0.316 e. The first-order valence-corrected chi connectivity index (χ1v) is 8.74. The number of hydrogen-bond donors (Lipinski definition) is 2. The number of sulfonamides is 1. The maximum absolute atomic E-state index is 12.8. The van der Waals surface area contributed by atoms with Crippen LogP contribution >= 0.6 is 0 Å². The SMILES string of the molecule is CNCc1c(S(=O)(=O)N2CCN(C(C)C)CC2)n[nH]c1C. The number of aromatic amines is 1. The molecule has 2 rings (SSSR count). The second-order valence-electron chi connectivity index (χ2n) is 5.70. The van der Waals surface area contributed by atoms with E-state index in [-0.39, 0.29) is 5.03 Å². The largest absolute Gasteiger partial charge is 0.316 e. The van der Waals surface area contributed by atoms with Crippen LogP contribution in [0.1, 0.15) is 25.1 Å². The summed E-state index contributed by atoms with van der Waals surface area (Å²) in [5, 5.41) is 9.97. The van der Waals surface area contributed by atoms with Crippen molar-refractivity contribution in [2.45, 2.75) is 38.4 Å². The van der Waals surface area contributed by atoms with Gasteiger partial charge in [0.1, 0.15) is 0 Å². The number of aryl methyl sites for hydroxylation is 1. The molecule has 120 valence electrons. The zero-order chi connectivity index (χ0) is 15.6. The Hall–Kier alpha value is -0.960. The van der Waals surface area contributed by atoms with E-state index in [9.17, 15) is 8.42 Å². The van der Waals surface area contributed by atoms with E-state index in [1.807, 2.05) is 6.92 Å². The van der Waals surface area contributed by atoms with Crippen molar-refractivity contribution in [2.24, 2.45) is 0 Å². The molecule has 0 bridgehead atoms. The van der Waals surface area contributed by atoms with Crippen molar-refractivity contribution in [1.82, 2.24) is 24.7 Å². The summed E-state index contributed by atoms with van der Waals surface area (Å²) in [7, 11) is -1.72. The van der Waals surface area contributed by atoms with Gasteiger partial charge >= 0.3 is 0 Å². The Balaban J connectivity index is 2.20. The molecular weight excluding hydrogens is 290 g/mol. The van der Waals surface area contributed by atoms with Crippen LogP contribution in [-0.4, -0.2) is 67.1 Å². The van der Waals surface area contributed by atoms with E-state index in [1.54, 1.807) is 11.4 Å². The Morgan fingerprint density at radius 2 is 1.90 bits per heavy atom. The first kappa shape index (κ1) is 16.4. The van der Waals surface area contributed by atoms with Gasteiger partial charge in [-0.15, -0.1) is 0 Å². The predicted molar refractivity (Wildman–Crippen MR) is 81.6 cm³/mol. The number of H-pyrrole nitrogens is 1. The van der Waals surface area contributed by atoms with Crippen LogP contribution in [0.25, 0.3) is 0 Å². The molecule has 1 saturated heterocycles. The van der Waals surface area contributed by atoms with Crippen LogP contribution < -0.4 is 5.32 Å². The summed E-state index contributed by atoms with van der Waals surface area (Å²) in [6.45, 7) is 9.16. The van der Waals surface area contributed by atoms with Gasteiger partial charge in [-0.1, -0.05) is 0 Å². The Morgan fingerprint density at radius 3 is 2.43 bits per heavy atom. The Bertz CT molecular complexity index is 573. The van der Waals surface area contributed by atoms with E-state index in [0.29, 0.717) is 25.7 Å². The van der Waals surface area contributed by atoms with Crippen LogP contribution in [0.4, 0.5) is 0 Å². The monoisotopic (exact) mass is 315 g/mol. The maximum atomic E-state index is 12.8. The summed E-state index contributed by atoms with van der Waals surface area (Å²) in [4.78, 5) is 2.29. The first-order chi connectivity index (χ1) is 9.87.